The molecule has 1 atom stereocenters. The Balaban J connectivity index is 1.92. The first kappa shape index (κ1) is 17.2. The summed E-state index contributed by atoms with van der Waals surface area (Å²) in [7, 11) is 0. The number of amides is 3. The number of hydrogen-bond donors (Lipinski definition) is 3. The van der Waals surface area contributed by atoms with Gasteiger partial charge in [-0.15, -0.1) is 0 Å². The molecular weight excluding hydrogens is 338 g/mol. The molecule has 1 unspecified atom stereocenters. The molecule has 2 heterocycles. The summed E-state index contributed by atoms with van der Waals surface area (Å²) in [5.74, 6) is -0.806. The van der Waals surface area contributed by atoms with Gasteiger partial charge in [0.1, 0.15) is 12.4 Å². The fourth-order valence-electron chi connectivity index (χ4n) is 2.49. The van der Waals surface area contributed by atoms with Crippen LogP contribution in [0.2, 0.25) is 0 Å². The Labute approximate surface area is 149 Å². The first-order valence-electron chi connectivity index (χ1n) is 7.80. The molecule has 9 nitrogen and oxygen atoms in total. The van der Waals surface area contributed by atoms with E-state index < -0.39 is 23.8 Å². The van der Waals surface area contributed by atoms with Crippen LogP contribution in [0.25, 0.3) is 0 Å². The molecule has 26 heavy (non-hydrogen) atoms. The van der Waals surface area contributed by atoms with Gasteiger partial charge in [-0.1, -0.05) is 30.3 Å². The lowest BCUT2D eigenvalue weighted by molar-refractivity contribution is -0.130. The smallest absolute Gasteiger partial charge is 0.274 e. The number of nitrogens with one attached hydrogen (secondary N) is 2. The van der Waals surface area contributed by atoms with Crippen LogP contribution in [-0.2, 0) is 14.4 Å². The van der Waals surface area contributed by atoms with Gasteiger partial charge in [-0.2, -0.15) is 0 Å². The van der Waals surface area contributed by atoms with E-state index in [1.807, 2.05) is 6.07 Å². The summed E-state index contributed by atoms with van der Waals surface area (Å²) >= 11 is 0. The lowest BCUT2D eigenvalue weighted by Gasteiger charge is -2.33. The summed E-state index contributed by atoms with van der Waals surface area (Å²) in [5.41, 5.74) is 10.7. The predicted octanol–water partition coefficient (Wildman–Crippen LogP) is 0.298. The van der Waals surface area contributed by atoms with Crippen LogP contribution in [0.1, 0.15) is 18.6 Å². The number of fused-ring (bicyclic) bond motifs is 1. The van der Waals surface area contributed by atoms with Crippen LogP contribution in [0, 0.1) is 0 Å². The Morgan fingerprint density at radius 1 is 1.19 bits per heavy atom. The Bertz CT molecular complexity index is 855. The number of pyridine rings is 1. The van der Waals surface area contributed by atoms with Gasteiger partial charge in [0.05, 0.1) is 0 Å². The molecule has 0 spiro atoms. The topological polar surface area (TPSA) is 127 Å². The van der Waals surface area contributed by atoms with E-state index in [4.69, 9.17) is 10.5 Å². The SMILES string of the molecule is CC(=O)NNC(=O)CN1C(=O)C(c2ccccc2)Oc2ccc(N)nc21. The molecule has 1 aliphatic heterocycles. The third-order valence-corrected chi connectivity index (χ3v) is 3.63. The molecule has 1 aromatic heterocycles. The number of hydrogen-bond acceptors (Lipinski definition) is 6. The summed E-state index contributed by atoms with van der Waals surface area (Å²) < 4.78 is 5.78. The largest absolute Gasteiger partial charge is 0.472 e. The zero-order chi connectivity index (χ0) is 18.7. The molecule has 0 radical (unpaired) electrons. The van der Waals surface area contributed by atoms with Crippen LogP contribution < -0.4 is 26.2 Å². The monoisotopic (exact) mass is 355 g/mol. The van der Waals surface area contributed by atoms with E-state index in [2.05, 4.69) is 15.8 Å². The van der Waals surface area contributed by atoms with Crippen molar-refractivity contribution in [1.29, 1.82) is 0 Å². The molecule has 0 bridgehead atoms. The summed E-state index contributed by atoms with van der Waals surface area (Å²) in [5, 5.41) is 0. The Morgan fingerprint density at radius 2 is 1.92 bits per heavy atom. The highest BCUT2D eigenvalue weighted by atomic mass is 16.5. The van der Waals surface area contributed by atoms with E-state index in [0.29, 0.717) is 11.3 Å². The Kier molecular flexibility index (Phi) is 4.70. The normalized spacial score (nSPS) is 15.7. The maximum absolute atomic E-state index is 12.9. The van der Waals surface area contributed by atoms with Crippen LogP contribution >= 0.6 is 0 Å². The summed E-state index contributed by atoms with van der Waals surface area (Å²) in [6.45, 7) is 0.901. The lowest BCUT2D eigenvalue weighted by atomic mass is 10.1. The first-order valence-corrected chi connectivity index (χ1v) is 7.80. The second-order valence-corrected chi connectivity index (χ2v) is 5.62. The van der Waals surface area contributed by atoms with Crippen molar-refractivity contribution < 1.29 is 19.1 Å². The highest BCUT2D eigenvalue weighted by Gasteiger charge is 2.37. The number of anilines is 2. The molecule has 3 rings (SSSR count). The number of aromatic nitrogens is 1. The molecule has 2 aromatic rings. The van der Waals surface area contributed by atoms with Crippen molar-refractivity contribution in [3.8, 4) is 5.75 Å². The first-order chi connectivity index (χ1) is 12.5. The van der Waals surface area contributed by atoms with Crippen LogP contribution in [-0.4, -0.2) is 29.3 Å². The van der Waals surface area contributed by atoms with Crippen LogP contribution in [0.4, 0.5) is 11.6 Å². The molecule has 1 aromatic carbocycles. The van der Waals surface area contributed by atoms with Crippen molar-refractivity contribution in [1.82, 2.24) is 15.8 Å². The summed E-state index contributed by atoms with van der Waals surface area (Å²) in [6.07, 6.45) is -0.914. The number of rotatable bonds is 3. The maximum Gasteiger partial charge on any atom is 0.274 e. The molecule has 0 saturated carbocycles. The molecule has 3 amide bonds. The van der Waals surface area contributed by atoms with Gasteiger partial charge in [0.2, 0.25) is 12.0 Å². The van der Waals surface area contributed by atoms with Crippen LogP contribution in [0.15, 0.2) is 42.5 Å². The zero-order valence-electron chi connectivity index (χ0n) is 13.9. The number of benzene rings is 1. The van der Waals surface area contributed by atoms with Gasteiger partial charge in [0.25, 0.3) is 11.8 Å². The Morgan fingerprint density at radius 3 is 2.62 bits per heavy atom. The van der Waals surface area contributed by atoms with Gasteiger partial charge in [-0.25, -0.2) is 4.98 Å². The predicted molar refractivity (Wildman–Crippen MR) is 92.8 cm³/mol. The average molecular weight is 355 g/mol. The minimum absolute atomic E-state index is 0.153. The molecule has 0 aliphatic carbocycles. The van der Waals surface area contributed by atoms with Crippen molar-refractivity contribution in [2.75, 3.05) is 17.2 Å². The van der Waals surface area contributed by atoms with E-state index in [9.17, 15) is 14.4 Å². The quantitative estimate of drug-likeness (QED) is 0.680. The standard InChI is InChI=1S/C17H17N5O4/c1-10(23)20-21-14(24)9-22-16-12(7-8-13(18)19-16)26-15(17(22)25)11-5-3-2-4-6-11/h2-8,15H,9H2,1H3,(H2,18,19)(H,20,23)(H,21,24). The number of hydrazine groups is 1. The van der Waals surface area contributed by atoms with E-state index in [1.54, 1.807) is 36.4 Å². The third-order valence-electron chi connectivity index (χ3n) is 3.63. The third kappa shape index (κ3) is 3.56. The molecule has 1 aliphatic rings. The van der Waals surface area contributed by atoms with Gasteiger partial charge in [0.15, 0.2) is 11.6 Å². The van der Waals surface area contributed by atoms with E-state index in [1.165, 1.54) is 11.8 Å². The second kappa shape index (κ2) is 7.09. The highest BCUT2D eigenvalue weighted by Crippen LogP contribution is 2.37. The summed E-state index contributed by atoms with van der Waals surface area (Å²) in [4.78, 5) is 41.2. The molecule has 0 fully saturated rings. The van der Waals surface area contributed by atoms with Gasteiger partial charge in [-0.3, -0.25) is 30.1 Å². The number of ether oxygens (including phenoxy) is 1. The molecular formula is C17H17N5O4. The van der Waals surface area contributed by atoms with Crippen molar-refractivity contribution >= 4 is 29.4 Å². The minimum Gasteiger partial charge on any atom is -0.472 e. The fourth-order valence-corrected chi connectivity index (χ4v) is 2.49. The van der Waals surface area contributed by atoms with Gasteiger partial charge in [-0.05, 0) is 12.1 Å². The van der Waals surface area contributed by atoms with Crippen molar-refractivity contribution in [2.24, 2.45) is 0 Å². The van der Waals surface area contributed by atoms with E-state index >= 15 is 0 Å². The molecule has 9 heteroatoms. The second-order valence-electron chi connectivity index (χ2n) is 5.62. The van der Waals surface area contributed by atoms with Crippen molar-refractivity contribution in [3.63, 3.8) is 0 Å². The van der Waals surface area contributed by atoms with Gasteiger partial charge < -0.3 is 10.5 Å². The molecule has 0 saturated heterocycles. The van der Waals surface area contributed by atoms with Crippen LogP contribution in [0.5, 0.6) is 5.75 Å². The van der Waals surface area contributed by atoms with Crippen LogP contribution in [0.3, 0.4) is 0 Å². The Hall–Kier alpha value is -3.62. The number of carbonyl (C=O) groups is 3. The molecule has 134 valence electrons. The van der Waals surface area contributed by atoms with Crippen molar-refractivity contribution in [2.45, 2.75) is 13.0 Å². The maximum atomic E-state index is 12.9. The van der Waals surface area contributed by atoms with E-state index in [0.717, 1.165) is 0 Å². The molecule has 4 N–H and O–H groups in total. The summed E-state index contributed by atoms with van der Waals surface area (Å²) in [6, 6.07) is 12.1. The fraction of sp³-hybridized carbons (Fsp3) is 0.176. The van der Waals surface area contributed by atoms with Gasteiger partial charge in [0, 0.05) is 12.5 Å². The van der Waals surface area contributed by atoms with E-state index in [-0.39, 0.29) is 18.2 Å². The lowest BCUT2D eigenvalue weighted by Crippen LogP contribution is -2.50. The number of carbonyl (C=O) groups excluding carboxylic acids is 3. The minimum atomic E-state index is -0.914. The number of nitrogens with zero attached hydrogens (tertiary/aromatic N) is 2. The zero-order valence-corrected chi connectivity index (χ0v) is 13.9. The number of nitrogens with two attached hydrogens (primary N) is 1. The number of nitrogen functional groups attached to an aromatic ring is 1. The van der Waals surface area contributed by atoms with Gasteiger partial charge >= 0.3 is 0 Å². The highest BCUT2D eigenvalue weighted by molar-refractivity contribution is 6.03. The van der Waals surface area contributed by atoms with Crippen molar-refractivity contribution in [3.05, 3.63) is 48.0 Å². The average Bonchev–Trinajstić information content (AvgIpc) is 2.63.